The lowest BCUT2D eigenvalue weighted by Crippen LogP contribution is -2.16. The minimum atomic E-state index is -0.538. The number of nitrogens with zero attached hydrogens (tertiary/aromatic N) is 1. The van der Waals surface area contributed by atoms with Gasteiger partial charge in [0, 0.05) is 11.1 Å². The average Bonchev–Trinajstić information content (AvgIpc) is 2.27. The van der Waals surface area contributed by atoms with Gasteiger partial charge in [0.25, 0.3) is 5.69 Å². The largest absolute Gasteiger partial charge is 0.369 e. The summed E-state index contributed by atoms with van der Waals surface area (Å²) in [7, 11) is 0. The summed E-state index contributed by atoms with van der Waals surface area (Å²) in [5, 5.41) is 11.1. The zero-order valence-electron chi connectivity index (χ0n) is 9.44. The molecule has 0 spiro atoms. The van der Waals surface area contributed by atoms with Gasteiger partial charge in [0.1, 0.15) is 0 Å². The molecule has 5 nitrogen and oxygen atoms in total. The second-order valence-electron chi connectivity index (χ2n) is 4.32. The fourth-order valence-corrected chi connectivity index (χ4v) is 2.41. The number of hydrogen-bond donors (Lipinski definition) is 1. The molecule has 0 aromatic heterocycles. The van der Waals surface area contributed by atoms with Crippen LogP contribution in [0.15, 0.2) is 12.1 Å². The molecule has 0 fully saturated rings. The van der Waals surface area contributed by atoms with Crippen LogP contribution in [0.2, 0.25) is 0 Å². The van der Waals surface area contributed by atoms with Crippen LogP contribution in [-0.2, 0) is 24.1 Å². The normalized spacial score (nSPS) is 14.1. The number of carbonyl (C=O) groups excluding carboxylic acids is 1. The van der Waals surface area contributed by atoms with Crippen molar-refractivity contribution >= 4 is 11.6 Å². The fraction of sp³-hybridized carbons (Fsp3) is 0.417. The van der Waals surface area contributed by atoms with E-state index in [1.807, 2.05) is 6.07 Å². The summed E-state index contributed by atoms with van der Waals surface area (Å²) in [6.07, 6.45) is 3.57. The summed E-state index contributed by atoms with van der Waals surface area (Å²) >= 11 is 0. The van der Waals surface area contributed by atoms with Gasteiger partial charge < -0.3 is 5.73 Å². The van der Waals surface area contributed by atoms with E-state index in [1.165, 1.54) is 0 Å². The van der Waals surface area contributed by atoms with E-state index < -0.39 is 5.91 Å². The summed E-state index contributed by atoms with van der Waals surface area (Å²) in [6, 6.07) is 3.55. The average molecular weight is 234 g/mol. The van der Waals surface area contributed by atoms with Crippen LogP contribution in [0.3, 0.4) is 0 Å². The van der Waals surface area contributed by atoms with Crippen LogP contribution >= 0.6 is 0 Å². The molecule has 0 saturated carbocycles. The van der Waals surface area contributed by atoms with E-state index in [2.05, 4.69) is 0 Å². The van der Waals surface area contributed by atoms with E-state index in [1.54, 1.807) is 6.07 Å². The first kappa shape index (κ1) is 11.6. The van der Waals surface area contributed by atoms with E-state index in [-0.39, 0.29) is 17.0 Å². The summed E-state index contributed by atoms with van der Waals surface area (Å²) in [4.78, 5) is 21.7. The van der Waals surface area contributed by atoms with Crippen LogP contribution in [0, 0.1) is 10.1 Å². The molecule has 17 heavy (non-hydrogen) atoms. The molecule has 0 bridgehead atoms. The molecule has 2 rings (SSSR count). The lowest BCUT2D eigenvalue weighted by atomic mass is 9.88. The second kappa shape index (κ2) is 4.53. The van der Waals surface area contributed by atoms with Crippen molar-refractivity contribution in [2.45, 2.75) is 32.1 Å². The minimum absolute atomic E-state index is 0.0659. The molecule has 1 aliphatic carbocycles. The second-order valence-corrected chi connectivity index (χ2v) is 4.32. The molecule has 0 atom stereocenters. The van der Waals surface area contributed by atoms with Crippen molar-refractivity contribution in [2.24, 2.45) is 5.73 Å². The van der Waals surface area contributed by atoms with Crippen molar-refractivity contribution in [3.63, 3.8) is 0 Å². The van der Waals surface area contributed by atoms with Crippen molar-refractivity contribution in [1.29, 1.82) is 0 Å². The highest BCUT2D eigenvalue weighted by Gasteiger charge is 2.25. The molecular formula is C12H14N2O3. The summed E-state index contributed by atoms with van der Waals surface area (Å²) in [5.41, 5.74) is 7.47. The van der Waals surface area contributed by atoms with Crippen LogP contribution < -0.4 is 5.73 Å². The number of benzene rings is 1. The highest BCUT2D eigenvalue weighted by molar-refractivity contribution is 5.78. The Morgan fingerprint density at radius 1 is 1.35 bits per heavy atom. The van der Waals surface area contributed by atoms with Crippen LogP contribution in [-0.4, -0.2) is 10.8 Å². The fourth-order valence-electron chi connectivity index (χ4n) is 2.41. The molecule has 0 heterocycles. The van der Waals surface area contributed by atoms with Gasteiger partial charge in [-0.15, -0.1) is 0 Å². The number of hydrogen-bond acceptors (Lipinski definition) is 3. The predicted octanol–water partition coefficient (Wildman–Crippen LogP) is 1.50. The Bertz CT molecular complexity index is 483. The molecule has 0 saturated heterocycles. The molecule has 1 aromatic carbocycles. The van der Waals surface area contributed by atoms with Gasteiger partial charge in [-0.05, 0) is 31.2 Å². The van der Waals surface area contributed by atoms with Crippen molar-refractivity contribution in [3.05, 3.63) is 38.9 Å². The standard InChI is InChI=1S/C12H14N2O3/c13-11(15)7-9-6-5-8-3-1-2-4-10(8)12(9)14(16)17/h5-6H,1-4,7H2,(H2,13,15). The third kappa shape index (κ3) is 2.27. The Kier molecular flexibility index (Phi) is 3.08. The first-order valence-electron chi connectivity index (χ1n) is 5.66. The van der Waals surface area contributed by atoms with Gasteiger partial charge in [-0.1, -0.05) is 12.1 Å². The first-order chi connectivity index (χ1) is 8.09. The zero-order valence-corrected chi connectivity index (χ0v) is 9.44. The van der Waals surface area contributed by atoms with Crippen LogP contribution in [0.1, 0.15) is 29.5 Å². The Hall–Kier alpha value is -1.91. The van der Waals surface area contributed by atoms with Crippen molar-refractivity contribution < 1.29 is 9.72 Å². The quantitative estimate of drug-likeness (QED) is 0.635. The lowest BCUT2D eigenvalue weighted by molar-refractivity contribution is -0.386. The van der Waals surface area contributed by atoms with Gasteiger partial charge in [0.2, 0.25) is 5.91 Å². The van der Waals surface area contributed by atoms with Crippen LogP contribution in [0.4, 0.5) is 5.69 Å². The Labute approximate surface area is 98.8 Å². The maximum Gasteiger partial charge on any atom is 0.276 e. The number of nitro groups is 1. The Morgan fingerprint density at radius 2 is 2.06 bits per heavy atom. The maximum absolute atomic E-state index is 11.1. The molecule has 1 amide bonds. The van der Waals surface area contributed by atoms with Crippen molar-refractivity contribution in [1.82, 2.24) is 0 Å². The topological polar surface area (TPSA) is 86.2 Å². The van der Waals surface area contributed by atoms with E-state index in [9.17, 15) is 14.9 Å². The molecular weight excluding hydrogens is 220 g/mol. The van der Waals surface area contributed by atoms with Crippen LogP contribution in [0.5, 0.6) is 0 Å². The highest BCUT2D eigenvalue weighted by Crippen LogP contribution is 2.32. The number of nitro benzene ring substituents is 1. The number of carbonyl (C=O) groups is 1. The summed E-state index contributed by atoms with van der Waals surface area (Å²) in [6.45, 7) is 0. The van der Waals surface area contributed by atoms with E-state index in [0.29, 0.717) is 5.56 Å². The van der Waals surface area contributed by atoms with E-state index >= 15 is 0 Å². The molecule has 5 heteroatoms. The van der Waals surface area contributed by atoms with Crippen molar-refractivity contribution in [3.8, 4) is 0 Å². The molecule has 0 radical (unpaired) electrons. The van der Waals surface area contributed by atoms with Gasteiger partial charge in [0.15, 0.2) is 0 Å². The third-order valence-corrected chi connectivity index (χ3v) is 3.13. The number of amides is 1. The van der Waals surface area contributed by atoms with Gasteiger partial charge in [-0.25, -0.2) is 0 Å². The number of fused-ring (bicyclic) bond motifs is 1. The maximum atomic E-state index is 11.1. The molecule has 1 aromatic rings. The summed E-state index contributed by atoms with van der Waals surface area (Å²) in [5.74, 6) is -0.538. The Balaban J connectivity index is 2.53. The van der Waals surface area contributed by atoms with Gasteiger partial charge in [0.05, 0.1) is 11.3 Å². The number of nitrogens with two attached hydrogens (primary N) is 1. The minimum Gasteiger partial charge on any atom is -0.369 e. The zero-order chi connectivity index (χ0) is 12.4. The molecule has 90 valence electrons. The molecule has 0 unspecified atom stereocenters. The predicted molar refractivity (Wildman–Crippen MR) is 62.6 cm³/mol. The summed E-state index contributed by atoms with van der Waals surface area (Å²) < 4.78 is 0. The lowest BCUT2D eigenvalue weighted by Gasteiger charge is -2.16. The van der Waals surface area contributed by atoms with Gasteiger partial charge in [-0.3, -0.25) is 14.9 Å². The number of primary amides is 1. The van der Waals surface area contributed by atoms with E-state index in [4.69, 9.17) is 5.73 Å². The third-order valence-electron chi connectivity index (χ3n) is 3.13. The first-order valence-corrected chi connectivity index (χ1v) is 5.66. The molecule has 1 aliphatic rings. The van der Waals surface area contributed by atoms with Crippen LogP contribution in [0.25, 0.3) is 0 Å². The van der Waals surface area contributed by atoms with Gasteiger partial charge in [-0.2, -0.15) is 0 Å². The SMILES string of the molecule is NC(=O)Cc1ccc2c(c1[N+](=O)[O-])CCCC2. The van der Waals surface area contributed by atoms with E-state index in [0.717, 1.165) is 36.8 Å². The number of aryl methyl sites for hydroxylation is 1. The smallest absolute Gasteiger partial charge is 0.276 e. The Morgan fingerprint density at radius 3 is 2.71 bits per heavy atom. The molecule has 2 N–H and O–H groups in total. The molecule has 0 aliphatic heterocycles. The highest BCUT2D eigenvalue weighted by atomic mass is 16.6. The van der Waals surface area contributed by atoms with Gasteiger partial charge >= 0.3 is 0 Å². The number of rotatable bonds is 3. The van der Waals surface area contributed by atoms with Crippen molar-refractivity contribution in [2.75, 3.05) is 0 Å². The monoisotopic (exact) mass is 234 g/mol.